The number of phenols is 1. The number of phenolic OH excluding ortho intramolecular Hbond substituents is 1. The van der Waals surface area contributed by atoms with E-state index in [0.717, 1.165) is 17.6 Å². The van der Waals surface area contributed by atoms with E-state index in [1.165, 1.54) is 0 Å². The zero-order valence-corrected chi connectivity index (χ0v) is 29.2. The molecule has 12 atom stereocenters. The lowest BCUT2D eigenvalue weighted by Gasteiger charge is -2.61. The normalized spacial score (nSPS) is 42.6. The molecule has 2 aliphatic heterocycles. The van der Waals surface area contributed by atoms with Crippen LogP contribution in [0.2, 0.25) is 0 Å². The molecule has 0 unspecified atom stereocenters. The van der Waals surface area contributed by atoms with E-state index in [0.29, 0.717) is 69.5 Å². The van der Waals surface area contributed by atoms with Gasteiger partial charge in [0.25, 0.3) is 0 Å². The third-order valence-electron chi connectivity index (χ3n) is 14.4. The zero-order valence-electron chi connectivity index (χ0n) is 29.2. The summed E-state index contributed by atoms with van der Waals surface area (Å²) < 4.78 is 6.25. The third kappa shape index (κ3) is 5.04. The van der Waals surface area contributed by atoms with Crippen LogP contribution in [0.25, 0.3) is 0 Å². The molecule has 1 aromatic rings. The summed E-state index contributed by atoms with van der Waals surface area (Å²) in [7, 11) is 0. The van der Waals surface area contributed by atoms with E-state index in [9.17, 15) is 35.1 Å². The fraction of sp³-hybridized carbons (Fsp3) is 0.744. The molecule has 0 aromatic heterocycles. The lowest BCUT2D eigenvalue weighted by atomic mass is 9.44. The number of carbonyl (C=O) groups is 2. The van der Waals surface area contributed by atoms with Crippen LogP contribution < -0.4 is 4.90 Å². The highest BCUT2D eigenvalue weighted by Gasteiger charge is 2.72. The number of aromatic hydroxyl groups is 1. The number of anilines is 1. The quantitative estimate of drug-likeness (QED) is 0.256. The van der Waals surface area contributed by atoms with Gasteiger partial charge in [-0.2, -0.15) is 0 Å². The van der Waals surface area contributed by atoms with Crippen molar-refractivity contribution in [3.8, 4) is 5.75 Å². The van der Waals surface area contributed by atoms with E-state index in [1.54, 1.807) is 23.1 Å². The molecule has 2 saturated heterocycles. The maximum Gasteiger partial charge on any atom is 0.227 e. The monoisotopic (exact) mass is 665 g/mol. The summed E-state index contributed by atoms with van der Waals surface area (Å²) in [6, 6.07) is 5.31. The fourth-order valence-electron chi connectivity index (χ4n) is 11.4. The number of ketones is 1. The van der Waals surface area contributed by atoms with Crippen molar-refractivity contribution in [1.82, 2.24) is 0 Å². The lowest BCUT2D eigenvalue weighted by Crippen LogP contribution is -2.63. The van der Waals surface area contributed by atoms with Crippen LogP contribution in [0.4, 0.5) is 5.69 Å². The van der Waals surface area contributed by atoms with Crippen LogP contribution in [0.3, 0.4) is 0 Å². The zero-order chi connectivity index (χ0) is 34.6. The van der Waals surface area contributed by atoms with Gasteiger partial charge in [0.2, 0.25) is 5.91 Å². The second-order valence-corrected chi connectivity index (χ2v) is 17.2. The topological polar surface area (TPSA) is 151 Å². The Balaban J connectivity index is 1.27. The number of benzene rings is 1. The summed E-state index contributed by atoms with van der Waals surface area (Å²) in [5, 5.41) is 57.8. The van der Waals surface area contributed by atoms with Crippen molar-refractivity contribution < 1.29 is 39.9 Å². The summed E-state index contributed by atoms with van der Waals surface area (Å²) in [6.07, 6.45) is 4.44. The van der Waals surface area contributed by atoms with Gasteiger partial charge in [-0.25, -0.2) is 0 Å². The molecule has 6 aliphatic rings. The average molecular weight is 666 g/mol. The number of epoxide rings is 1. The van der Waals surface area contributed by atoms with Crippen LogP contribution in [0.5, 0.6) is 5.75 Å². The van der Waals surface area contributed by atoms with Crippen LogP contribution >= 0.6 is 0 Å². The van der Waals surface area contributed by atoms with E-state index >= 15 is 0 Å². The van der Waals surface area contributed by atoms with E-state index in [-0.39, 0.29) is 53.8 Å². The van der Waals surface area contributed by atoms with Crippen molar-refractivity contribution in [1.29, 1.82) is 0 Å². The summed E-state index contributed by atoms with van der Waals surface area (Å²) in [6.45, 7) is 11.0. The maximum atomic E-state index is 13.9. The average Bonchev–Trinajstić information content (AvgIpc) is 3.62. The number of hydrogen-bond donors (Lipinski definition) is 5. The van der Waals surface area contributed by atoms with E-state index in [1.807, 2.05) is 19.9 Å². The standard InChI is InChI=1S/C39H55NO8/c1-21(2)22(3)34-35(48-34)37(5,46)32-10-13-39(47)27-18-29(42)28-19-30(43)31(44)20-36(28,4)26(27)9-12-38(32,39)11-8-23-15-24(17-25(41)16-23)40-14-6-7-33(40)45/h15-18,21-22,26,28,30-32,34-35,41,43-44,46-47H,6-14,19-20H2,1-5H3/t22-,26-,28-,30-,31+,32+,34-,35-,36-,37-,38-,39+/m1/s1. The minimum Gasteiger partial charge on any atom is -0.508 e. The number of aliphatic hydroxyl groups excluding tert-OH is 2. The summed E-state index contributed by atoms with van der Waals surface area (Å²) in [5.74, 6) is -0.193. The number of aliphatic hydroxyl groups is 4. The Labute approximate surface area is 284 Å². The summed E-state index contributed by atoms with van der Waals surface area (Å²) in [4.78, 5) is 28.1. The second kappa shape index (κ2) is 11.6. The van der Waals surface area contributed by atoms with Crippen LogP contribution in [0.15, 0.2) is 29.8 Å². The molecule has 0 radical (unpaired) electrons. The predicted molar refractivity (Wildman–Crippen MR) is 180 cm³/mol. The van der Waals surface area contributed by atoms with Crippen LogP contribution in [0, 0.1) is 40.4 Å². The van der Waals surface area contributed by atoms with Gasteiger partial charge >= 0.3 is 0 Å². The van der Waals surface area contributed by atoms with Gasteiger partial charge in [0.1, 0.15) is 11.9 Å². The maximum absolute atomic E-state index is 13.9. The van der Waals surface area contributed by atoms with Gasteiger partial charge in [0.05, 0.1) is 29.5 Å². The van der Waals surface area contributed by atoms with Crippen molar-refractivity contribution in [3.05, 3.63) is 35.4 Å². The molecular weight excluding hydrogens is 610 g/mol. The third-order valence-corrected chi connectivity index (χ3v) is 14.4. The first-order valence-corrected chi connectivity index (χ1v) is 18.4. The molecule has 5 N–H and O–H groups in total. The van der Waals surface area contributed by atoms with Gasteiger partial charge in [0.15, 0.2) is 5.78 Å². The van der Waals surface area contributed by atoms with E-state index in [4.69, 9.17) is 4.74 Å². The number of carbonyl (C=O) groups excluding carboxylic acids is 2. The lowest BCUT2D eigenvalue weighted by molar-refractivity contribution is -0.168. The number of allylic oxidation sites excluding steroid dienone is 1. The molecule has 2 heterocycles. The number of nitrogens with zero attached hydrogens (tertiary/aromatic N) is 1. The minimum atomic E-state index is -1.37. The highest BCUT2D eigenvalue weighted by molar-refractivity contribution is 5.96. The molecule has 5 fully saturated rings. The molecule has 3 saturated carbocycles. The largest absolute Gasteiger partial charge is 0.508 e. The number of hydrogen-bond acceptors (Lipinski definition) is 8. The first-order valence-electron chi connectivity index (χ1n) is 18.4. The van der Waals surface area contributed by atoms with Gasteiger partial charge in [-0.1, -0.05) is 27.7 Å². The highest BCUT2D eigenvalue weighted by atomic mass is 16.6. The molecule has 9 nitrogen and oxygen atoms in total. The van der Waals surface area contributed by atoms with E-state index < -0.39 is 40.2 Å². The van der Waals surface area contributed by atoms with Crippen LogP contribution in [-0.4, -0.2) is 79.4 Å². The van der Waals surface area contributed by atoms with Crippen molar-refractivity contribution >= 4 is 17.4 Å². The molecule has 4 aliphatic carbocycles. The van der Waals surface area contributed by atoms with Gasteiger partial charge in [-0.3, -0.25) is 9.59 Å². The smallest absolute Gasteiger partial charge is 0.227 e. The molecule has 1 amide bonds. The second-order valence-electron chi connectivity index (χ2n) is 17.2. The summed E-state index contributed by atoms with van der Waals surface area (Å²) in [5.41, 5.74) is -1.73. The Morgan fingerprint density at radius 2 is 1.81 bits per heavy atom. The van der Waals surface area contributed by atoms with Crippen molar-refractivity contribution in [2.45, 2.75) is 134 Å². The molecule has 1 aromatic carbocycles. The van der Waals surface area contributed by atoms with Crippen molar-refractivity contribution in [3.63, 3.8) is 0 Å². The number of fused-ring (bicyclic) bond motifs is 5. The van der Waals surface area contributed by atoms with Gasteiger partial charge in [-0.05, 0) is 123 Å². The Morgan fingerprint density at radius 3 is 2.50 bits per heavy atom. The number of amides is 1. The summed E-state index contributed by atoms with van der Waals surface area (Å²) >= 11 is 0. The molecular formula is C39H55NO8. The first kappa shape index (κ1) is 34.2. The molecule has 0 spiro atoms. The molecule has 264 valence electrons. The Kier molecular flexibility index (Phi) is 8.27. The minimum absolute atomic E-state index is 0.0420. The number of rotatable bonds is 8. The molecule has 7 rings (SSSR count). The number of aryl methyl sites for hydroxylation is 1. The van der Waals surface area contributed by atoms with Crippen LogP contribution in [0.1, 0.15) is 98.0 Å². The van der Waals surface area contributed by atoms with Gasteiger partial charge in [0, 0.05) is 36.1 Å². The Hall–Kier alpha value is -2.30. The Bertz CT molecular complexity index is 1500. The molecule has 0 bridgehead atoms. The van der Waals surface area contributed by atoms with Crippen molar-refractivity contribution in [2.24, 2.45) is 40.4 Å². The SMILES string of the molecule is CC(C)[C@@H](C)[C@H]1O[C@H]1[C@](C)(O)[C@@H]1CC[C@]2(O)C3=CC(=O)[C@H]4C[C@@H](O)[C@@H](O)C[C@]4(C)[C@@H]3CC[C@]12CCc1cc(O)cc(N2CCCC2=O)c1. The van der Waals surface area contributed by atoms with Gasteiger partial charge < -0.3 is 35.2 Å². The predicted octanol–water partition coefficient (Wildman–Crippen LogP) is 4.45. The molecule has 48 heavy (non-hydrogen) atoms. The molecule has 9 heteroatoms. The van der Waals surface area contributed by atoms with Crippen LogP contribution in [-0.2, 0) is 20.7 Å². The first-order chi connectivity index (χ1) is 22.5. The van der Waals surface area contributed by atoms with E-state index in [2.05, 4.69) is 20.8 Å². The van der Waals surface area contributed by atoms with Gasteiger partial charge in [-0.15, -0.1) is 0 Å². The number of ether oxygens (including phenoxy) is 1. The highest BCUT2D eigenvalue weighted by Crippen LogP contribution is 2.70. The fourth-order valence-corrected chi connectivity index (χ4v) is 11.4. The Morgan fingerprint density at radius 1 is 1.06 bits per heavy atom. The van der Waals surface area contributed by atoms with Crippen molar-refractivity contribution in [2.75, 3.05) is 11.4 Å².